The molecule has 1 heterocycles. The molecular formula is C30H33N9O3. The van der Waals surface area contributed by atoms with Crippen molar-refractivity contribution in [2.45, 2.75) is 41.5 Å². The average molecular weight is 568 g/mol. The summed E-state index contributed by atoms with van der Waals surface area (Å²) in [6.45, 7) is 11.2. The van der Waals surface area contributed by atoms with Gasteiger partial charge in [-0.05, 0) is 88.1 Å². The molecule has 0 fully saturated rings. The Hall–Kier alpha value is -5.39. The van der Waals surface area contributed by atoms with Crippen LogP contribution in [0.3, 0.4) is 0 Å². The number of phenols is 1. The number of carboxylic acids is 1. The number of amidine groups is 1. The van der Waals surface area contributed by atoms with Gasteiger partial charge in [-0.25, -0.2) is 4.79 Å². The summed E-state index contributed by atoms with van der Waals surface area (Å²) < 4.78 is 0. The highest BCUT2D eigenvalue weighted by atomic mass is 16.4. The first kappa shape index (κ1) is 29.6. The van der Waals surface area contributed by atoms with Gasteiger partial charge in [-0.3, -0.25) is 5.43 Å². The minimum atomic E-state index is -1.10. The van der Waals surface area contributed by atoms with E-state index in [4.69, 9.17) is 0 Å². The quantitative estimate of drug-likeness (QED) is 0.0526. The van der Waals surface area contributed by atoms with E-state index in [1.54, 1.807) is 38.2 Å². The van der Waals surface area contributed by atoms with Gasteiger partial charge < -0.3 is 20.8 Å². The number of rotatable bonds is 8. The zero-order valence-corrected chi connectivity index (χ0v) is 24.5. The summed E-state index contributed by atoms with van der Waals surface area (Å²) in [6.07, 6.45) is 0. The number of aromatic hydroxyl groups is 1. The molecule has 216 valence electrons. The molecule has 42 heavy (non-hydrogen) atoms. The Bertz CT molecular complexity index is 1730. The van der Waals surface area contributed by atoms with Crippen LogP contribution in [0.4, 0.5) is 29.0 Å². The van der Waals surface area contributed by atoms with Crippen LogP contribution in [0.15, 0.2) is 57.8 Å². The lowest BCUT2D eigenvalue weighted by Gasteiger charge is -2.13. The standard InChI is InChI=1S/C30H33N9O3/c1-15-8-9-21(19(5)10-15)27(38-36-23-14-18(4)17(3)13-22(23)28(41)42)39-37-25-12-16(2)11-24(26(25)40)34-30-33-20(6)32-29(31-7)35-30/h8-14,37,40H,1-7H3,(H,41,42)(H2,31,32,33,34,35). The number of phenolic OH excluding ortho intramolecular Hbond substituents is 1. The molecular weight excluding hydrogens is 534 g/mol. The topological polar surface area (TPSA) is 169 Å². The number of hydrogen-bond acceptors (Lipinski definition) is 10. The van der Waals surface area contributed by atoms with Crippen LogP contribution in [0.25, 0.3) is 0 Å². The van der Waals surface area contributed by atoms with Crippen LogP contribution in [-0.4, -0.2) is 44.0 Å². The van der Waals surface area contributed by atoms with E-state index in [1.807, 2.05) is 52.8 Å². The Kier molecular flexibility index (Phi) is 8.75. The number of nitrogens with zero attached hydrogens (tertiary/aromatic N) is 6. The number of nitrogens with one attached hydrogen (secondary N) is 3. The fraction of sp³-hybridized carbons (Fsp3) is 0.233. The largest absolute Gasteiger partial charge is 0.504 e. The first-order chi connectivity index (χ1) is 19.9. The van der Waals surface area contributed by atoms with E-state index in [9.17, 15) is 15.0 Å². The fourth-order valence-electron chi connectivity index (χ4n) is 4.20. The molecule has 1 aromatic heterocycles. The highest BCUT2D eigenvalue weighted by Crippen LogP contribution is 2.35. The predicted molar refractivity (Wildman–Crippen MR) is 164 cm³/mol. The molecule has 3 aromatic carbocycles. The van der Waals surface area contributed by atoms with Gasteiger partial charge in [0.1, 0.15) is 17.2 Å². The van der Waals surface area contributed by atoms with Gasteiger partial charge in [-0.15, -0.1) is 10.2 Å². The van der Waals surface area contributed by atoms with Crippen LogP contribution in [0.2, 0.25) is 0 Å². The van der Waals surface area contributed by atoms with Crippen molar-refractivity contribution >= 4 is 40.8 Å². The number of aromatic nitrogens is 3. The molecule has 4 rings (SSSR count). The number of hydrogen-bond donors (Lipinski definition) is 5. The Labute approximate surface area is 243 Å². The van der Waals surface area contributed by atoms with Crippen LogP contribution in [0.5, 0.6) is 5.75 Å². The molecule has 12 nitrogen and oxygen atoms in total. The maximum absolute atomic E-state index is 11.9. The van der Waals surface area contributed by atoms with Crippen molar-refractivity contribution in [1.29, 1.82) is 0 Å². The zero-order chi connectivity index (χ0) is 30.6. The second-order valence-corrected chi connectivity index (χ2v) is 9.94. The predicted octanol–water partition coefficient (Wildman–Crippen LogP) is 6.47. The lowest BCUT2D eigenvalue weighted by Crippen LogP contribution is -2.06. The smallest absolute Gasteiger partial charge is 0.337 e. The molecule has 0 saturated heterocycles. The monoisotopic (exact) mass is 567 g/mol. The number of carbonyl (C=O) groups is 1. The van der Waals surface area contributed by atoms with E-state index in [1.165, 1.54) is 0 Å². The van der Waals surface area contributed by atoms with Gasteiger partial charge in [0.05, 0.1) is 11.3 Å². The first-order valence-corrected chi connectivity index (χ1v) is 13.1. The third-order valence-electron chi connectivity index (χ3n) is 6.47. The van der Waals surface area contributed by atoms with Crippen LogP contribution in [0, 0.1) is 41.5 Å². The Balaban J connectivity index is 1.75. The van der Waals surface area contributed by atoms with Crippen LogP contribution < -0.4 is 16.1 Å². The minimum Gasteiger partial charge on any atom is -0.504 e. The highest BCUT2D eigenvalue weighted by Gasteiger charge is 2.15. The molecule has 5 N–H and O–H groups in total. The second-order valence-electron chi connectivity index (χ2n) is 9.94. The van der Waals surface area contributed by atoms with Crippen molar-refractivity contribution in [2.75, 3.05) is 23.1 Å². The van der Waals surface area contributed by atoms with Crippen molar-refractivity contribution < 1.29 is 15.0 Å². The summed E-state index contributed by atoms with van der Waals surface area (Å²) in [7, 11) is 1.70. The fourth-order valence-corrected chi connectivity index (χ4v) is 4.20. The first-order valence-electron chi connectivity index (χ1n) is 13.1. The summed E-state index contributed by atoms with van der Waals surface area (Å²) in [4.78, 5) is 24.7. The van der Waals surface area contributed by atoms with Gasteiger partial charge in [-0.2, -0.15) is 20.1 Å². The molecule has 0 aliphatic rings. The van der Waals surface area contributed by atoms with Crippen molar-refractivity contribution in [3.63, 3.8) is 0 Å². The van der Waals surface area contributed by atoms with Crippen LogP contribution >= 0.6 is 0 Å². The molecule has 0 aliphatic heterocycles. The van der Waals surface area contributed by atoms with Gasteiger partial charge in [0.2, 0.25) is 17.7 Å². The van der Waals surface area contributed by atoms with E-state index < -0.39 is 5.97 Å². The summed E-state index contributed by atoms with van der Waals surface area (Å²) in [5, 5.41) is 39.9. The Morgan fingerprint density at radius 3 is 2.17 bits per heavy atom. The average Bonchev–Trinajstić information content (AvgIpc) is 2.92. The van der Waals surface area contributed by atoms with Crippen LogP contribution in [-0.2, 0) is 0 Å². The lowest BCUT2D eigenvalue weighted by molar-refractivity contribution is 0.0697. The third kappa shape index (κ3) is 6.84. The number of carboxylic acid groups (broad SMARTS) is 1. The number of anilines is 4. The van der Waals surface area contributed by atoms with Gasteiger partial charge in [0, 0.05) is 12.6 Å². The molecule has 0 aliphatic carbocycles. The van der Waals surface area contributed by atoms with Crippen molar-refractivity contribution in [3.05, 3.63) is 87.2 Å². The zero-order valence-electron chi connectivity index (χ0n) is 24.5. The van der Waals surface area contributed by atoms with Crippen LogP contribution in [0.1, 0.15) is 49.6 Å². The molecule has 0 unspecified atom stereocenters. The van der Waals surface area contributed by atoms with Crippen molar-refractivity contribution in [2.24, 2.45) is 15.3 Å². The summed E-state index contributed by atoms with van der Waals surface area (Å²) >= 11 is 0. The van der Waals surface area contributed by atoms with Gasteiger partial charge in [0.25, 0.3) is 0 Å². The minimum absolute atomic E-state index is 0.0387. The Morgan fingerprint density at radius 2 is 1.48 bits per heavy atom. The van der Waals surface area contributed by atoms with Gasteiger partial charge >= 0.3 is 5.97 Å². The molecule has 0 atom stereocenters. The molecule has 0 saturated carbocycles. The lowest BCUT2D eigenvalue weighted by atomic mass is 10.0. The normalized spacial score (nSPS) is 11.5. The van der Waals surface area contributed by atoms with E-state index in [-0.39, 0.29) is 28.8 Å². The molecule has 12 heteroatoms. The number of benzene rings is 3. The molecule has 0 radical (unpaired) electrons. The summed E-state index contributed by atoms with van der Waals surface area (Å²) in [5.74, 6) is 0.130. The SMILES string of the molecule is CNc1nc(C)nc(Nc2cc(C)cc(NN=C(N=Nc3cc(C)c(C)cc3C(=O)O)c3ccc(C)cc3C)c2O)n1. The van der Waals surface area contributed by atoms with Crippen molar-refractivity contribution in [1.82, 2.24) is 15.0 Å². The number of aryl methyl sites for hydroxylation is 6. The number of azo groups is 1. The van der Waals surface area contributed by atoms with E-state index in [0.29, 0.717) is 28.7 Å². The van der Waals surface area contributed by atoms with E-state index >= 15 is 0 Å². The molecule has 0 bridgehead atoms. The number of aromatic carboxylic acids is 1. The molecule has 0 amide bonds. The highest BCUT2D eigenvalue weighted by molar-refractivity contribution is 6.01. The van der Waals surface area contributed by atoms with E-state index in [0.717, 1.165) is 27.8 Å². The molecule has 4 aromatic rings. The maximum atomic E-state index is 11.9. The maximum Gasteiger partial charge on any atom is 0.337 e. The third-order valence-corrected chi connectivity index (χ3v) is 6.47. The van der Waals surface area contributed by atoms with Crippen molar-refractivity contribution in [3.8, 4) is 5.75 Å². The summed E-state index contributed by atoms with van der Waals surface area (Å²) in [5.41, 5.74) is 9.00. The number of hydrazone groups is 1. The van der Waals surface area contributed by atoms with Gasteiger partial charge in [0.15, 0.2) is 5.75 Å². The second kappa shape index (κ2) is 12.4. The van der Waals surface area contributed by atoms with E-state index in [2.05, 4.69) is 46.3 Å². The summed E-state index contributed by atoms with van der Waals surface area (Å²) in [6, 6.07) is 12.5. The van der Waals surface area contributed by atoms with Gasteiger partial charge in [-0.1, -0.05) is 23.8 Å². The Morgan fingerprint density at radius 1 is 0.786 bits per heavy atom. The molecule has 0 spiro atoms.